The molecule has 1 aliphatic heterocycles. The van der Waals surface area contributed by atoms with Crippen LogP contribution in [0, 0.1) is 6.92 Å². The highest BCUT2D eigenvalue weighted by Gasteiger charge is 2.22. The smallest absolute Gasteiger partial charge is 0.269 e. The number of unbranched alkanes of at least 4 members (excludes halogenated alkanes) is 1. The lowest BCUT2D eigenvalue weighted by Crippen LogP contribution is -2.44. The van der Waals surface area contributed by atoms with Crippen LogP contribution in [0.1, 0.15) is 56.0 Å². The standard InChI is InChI=1S/C39H46N6O6.ClH/c1-26-13-16-34(36(22-26)51-21-8-7-10-28(25-46)45-19-17-43(4)18-20-45)44(5)38(48)27-14-15-32(35(23-27)50-6)41-37(47)29-11-9-12-31-30(29)24-33(40-31)39(49)42(2)3;/h9,11-16,22-24,40H,7-8,10,17-21H2,1-6H3,(H,41,47);1H. The number of carbonyl (C=O) groups is 3. The van der Waals surface area contributed by atoms with Crippen LogP contribution < -0.4 is 19.7 Å². The number of aromatic nitrogens is 1. The second-order valence-corrected chi connectivity index (χ2v) is 13.0. The number of likely N-dealkylation sites (N-methyl/N-ethyl adjacent to an activating group) is 1. The number of methoxy groups -OCH3 is 1. The lowest BCUT2D eigenvalue weighted by atomic mass is 10.1. The van der Waals surface area contributed by atoms with Crippen molar-refractivity contribution in [1.82, 2.24) is 19.7 Å². The lowest BCUT2D eigenvalue weighted by molar-refractivity contribution is 0.0822. The number of nitrogens with zero attached hydrogens (tertiary/aromatic N) is 4. The van der Waals surface area contributed by atoms with E-state index in [0.717, 1.165) is 50.3 Å². The molecule has 0 saturated carbocycles. The molecule has 0 unspecified atom stereocenters. The summed E-state index contributed by atoms with van der Waals surface area (Å²) < 4.78 is 11.8. The number of aryl methyl sites for hydroxylation is 1. The first-order valence-electron chi connectivity index (χ1n) is 17.0. The Labute approximate surface area is 310 Å². The van der Waals surface area contributed by atoms with Crippen LogP contribution in [0.3, 0.4) is 0 Å². The van der Waals surface area contributed by atoms with Gasteiger partial charge in [-0.2, -0.15) is 0 Å². The van der Waals surface area contributed by atoms with Gasteiger partial charge in [-0.1, -0.05) is 12.1 Å². The normalized spacial score (nSPS) is 12.8. The first-order valence-corrected chi connectivity index (χ1v) is 17.0. The monoisotopic (exact) mass is 730 g/mol. The molecule has 1 aromatic heterocycles. The predicted octanol–water partition coefficient (Wildman–Crippen LogP) is 5.65. The molecule has 0 atom stereocenters. The van der Waals surface area contributed by atoms with Crippen LogP contribution in [0.25, 0.3) is 10.9 Å². The van der Waals surface area contributed by atoms with E-state index >= 15 is 0 Å². The molecule has 5 rings (SSSR count). The fraction of sp³-hybridized carbons (Fsp3) is 0.359. The highest BCUT2D eigenvalue weighted by molar-refractivity contribution is 6.14. The third-order valence-corrected chi connectivity index (χ3v) is 9.09. The van der Waals surface area contributed by atoms with Gasteiger partial charge in [0, 0.05) is 69.4 Å². The van der Waals surface area contributed by atoms with Crippen molar-refractivity contribution in [2.24, 2.45) is 0 Å². The molecule has 0 radical (unpaired) electrons. The topological polar surface area (TPSA) is 128 Å². The number of piperazine rings is 1. The lowest BCUT2D eigenvalue weighted by Gasteiger charge is -2.34. The molecule has 276 valence electrons. The molecule has 0 bridgehead atoms. The van der Waals surface area contributed by atoms with Crippen molar-refractivity contribution in [3.8, 4) is 11.5 Å². The van der Waals surface area contributed by atoms with E-state index in [1.807, 2.05) is 25.1 Å². The molecule has 0 spiro atoms. The minimum Gasteiger partial charge on any atom is -0.495 e. The molecule has 12 nitrogen and oxygen atoms in total. The van der Waals surface area contributed by atoms with Crippen LogP contribution in [0.5, 0.6) is 11.5 Å². The summed E-state index contributed by atoms with van der Waals surface area (Å²) in [6, 6.07) is 17.4. The molecule has 1 aliphatic rings. The van der Waals surface area contributed by atoms with Gasteiger partial charge in [-0.3, -0.25) is 14.4 Å². The first-order chi connectivity index (χ1) is 24.5. The summed E-state index contributed by atoms with van der Waals surface area (Å²) >= 11 is 0. The summed E-state index contributed by atoms with van der Waals surface area (Å²) in [7, 11) is 8.57. The molecule has 4 aromatic rings. The van der Waals surface area contributed by atoms with E-state index in [9.17, 15) is 19.2 Å². The zero-order valence-electron chi connectivity index (χ0n) is 30.6. The van der Waals surface area contributed by atoms with Gasteiger partial charge in [0.2, 0.25) is 0 Å². The van der Waals surface area contributed by atoms with Crippen molar-refractivity contribution in [3.63, 3.8) is 0 Å². The summed E-state index contributed by atoms with van der Waals surface area (Å²) in [4.78, 5) is 61.8. The van der Waals surface area contributed by atoms with Gasteiger partial charge < -0.3 is 39.4 Å². The summed E-state index contributed by atoms with van der Waals surface area (Å²) in [6.45, 7) is 5.92. The highest BCUT2D eigenvalue weighted by Crippen LogP contribution is 2.32. The van der Waals surface area contributed by atoms with Gasteiger partial charge in [0.25, 0.3) is 17.7 Å². The Kier molecular flexibility index (Phi) is 13.5. The number of benzene rings is 3. The maximum atomic E-state index is 13.8. The van der Waals surface area contributed by atoms with Crippen LogP contribution in [-0.4, -0.2) is 111 Å². The molecule has 13 heteroatoms. The van der Waals surface area contributed by atoms with E-state index in [1.165, 1.54) is 16.9 Å². The van der Waals surface area contributed by atoms with E-state index in [-0.39, 0.29) is 24.2 Å². The van der Waals surface area contributed by atoms with Crippen LogP contribution in [0.2, 0.25) is 0 Å². The number of amides is 3. The number of hydrogen-bond donors (Lipinski definition) is 2. The van der Waals surface area contributed by atoms with Crippen LogP contribution >= 0.6 is 12.4 Å². The average molecular weight is 731 g/mol. The van der Waals surface area contributed by atoms with Crippen molar-refractivity contribution >= 4 is 58.3 Å². The second-order valence-electron chi connectivity index (χ2n) is 13.0. The number of ether oxygens (including phenoxy) is 2. The summed E-state index contributed by atoms with van der Waals surface area (Å²) in [5, 5.41) is 3.50. The maximum Gasteiger partial charge on any atom is 0.269 e. The molecular formula is C39H47ClN6O6. The number of aromatic amines is 1. The molecule has 0 aliphatic carbocycles. The van der Waals surface area contributed by atoms with Gasteiger partial charge in [0.05, 0.1) is 30.8 Å². The minimum atomic E-state index is -0.392. The Morgan fingerprint density at radius 3 is 2.37 bits per heavy atom. The van der Waals surface area contributed by atoms with Crippen LogP contribution in [-0.2, 0) is 4.79 Å². The molecule has 3 amide bonds. The molecular weight excluding hydrogens is 684 g/mol. The number of anilines is 2. The summed E-state index contributed by atoms with van der Waals surface area (Å²) in [6.07, 6.45) is 2.17. The molecule has 2 heterocycles. The SMILES string of the molecule is COc1cc(C(=O)N(C)c2ccc(C)cc2OCCCCC(=C=O)N2CCN(C)CC2)ccc1NC(=O)c1cccc2[nH]c(C(=O)N(C)C)cc12.Cl. The fourth-order valence-corrected chi connectivity index (χ4v) is 6.07. The average Bonchev–Trinajstić information content (AvgIpc) is 3.57. The van der Waals surface area contributed by atoms with E-state index < -0.39 is 5.91 Å². The predicted molar refractivity (Wildman–Crippen MR) is 206 cm³/mol. The van der Waals surface area contributed by atoms with Crippen molar-refractivity contribution < 1.29 is 28.7 Å². The third-order valence-electron chi connectivity index (χ3n) is 9.09. The van der Waals surface area contributed by atoms with Crippen molar-refractivity contribution in [2.75, 3.05) is 78.3 Å². The molecule has 3 aromatic carbocycles. The van der Waals surface area contributed by atoms with Gasteiger partial charge in [-0.25, -0.2) is 4.79 Å². The number of H-pyrrole nitrogens is 1. The first kappa shape index (κ1) is 39.5. The van der Waals surface area contributed by atoms with Gasteiger partial charge in [0.15, 0.2) is 0 Å². The van der Waals surface area contributed by atoms with E-state index in [0.29, 0.717) is 63.6 Å². The number of hydrogen-bond acceptors (Lipinski definition) is 8. The minimum absolute atomic E-state index is 0. The Morgan fingerprint density at radius 1 is 0.923 bits per heavy atom. The zero-order chi connectivity index (χ0) is 36.7. The Morgan fingerprint density at radius 2 is 1.67 bits per heavy atom. The molecule has 1 fully saturated rings. The van der Waals surface area contributed by atoms with Crippen molar-refractivity contribution in [3.05, 3.63) is 88.7 Å². The summed E-state index contributed by atoms with van der Waals surface area (Å²) in [5.74, 6) is 2.16. The van der Waals surface area contributed by atoms with Gasteiger partial charge in [-0.15, -0.1) is 12.4 Å². The summed E-state index contributed by atoms with van der Waals surface area (Å²) in [5.41, 5.74) is 4.49. The van der Waals surface area contributed by atoms with Gasteiger partial charge in [-0.05, 0) is 87.3 Å². The van der Waals surface area contributed by atoms with Crippen molar-refractivity contribution in [2.45, 2.75) is 26.2 Å². The number of fused-ring (bicyclic) bond motifs is 1. The van der Waals surface area contributed by atoms with Crippen LogP contribution in [0.15, 0.2) is 66.4 Å². The van der Waals surface area contributed by atoms with E-state index in [4.69, 9.17) is 9.47 Å². The molecule has 2 N–H and O–H groups in total. The van der Waals surface area contributed by atoms with Crippen LogP contribution in [0.4, 0.5) is 11.4 Å². The number of allylic oxidation sites excluding steroid dienone is 1. The van der Waals surface area contributed by atoms with Gasteiger partial charge >= 0.3 is 0 Å². The van der Waals surface area contributed by atoms with Gasteiger partial charge in [0.1, 0.15) is 23.1 Å². The highest BCUT2D eigenvalue weighted by atomic mass is 35.5. The largest absolute Gasteiger partial charge is 0.495 e. The Balaban J connectivity index is 0.00000605. The zero-order valence-corrected chi connectivity index (χ0v) is 31.4. The number of halogens is 1. The molecule has 1 saturated heterocycles. The Bertz CT molecular complexity index is 1960. The Hall–Kier alpha value is -5.29. The third kappa shape index (κ3) is 9.13. The van der Waals surface area contributed by atoms with E-state index in [2.05, 4.69) is 33.1 Å². The fourth-order valence-electron chi connectivity index (χ4n) is 6.07. The van der Waals surface area contributed by atoms with E-state index in [1.54, 1.807) is 63.6 Å². The van der Waals surface area contributed by atoms with Crippen molar-refractivity contribution in [1.29, 1.82) is 0 Å². The number of rotatable bonds is 13. The maximum absolute atomic E-state index is 13.8. The second kappa shape index (κ2) is 17.8. The number of carbonyl (C=O) groups excluding carboxylic acids is 4. The number of nitrogens with one attached hydrogen (secondary N) is 2. The molecule has 52 heavy (non-hydrogen) atoms. The quantitative estimate of drug-likeness (QED) is 0.134.